The Morgan fingerprint density at radius 3 is 2.57 bits per heavy atom. The van der Waals surface area contributed by atoms with Gasteiger partial charge in [-0.25, -0.2) is 0 Å². The van der Waals surface area contributed by atoms with Gasteiger partial charge in [0.25, 0.3) is 5.91 Å². The number of amides is 1. The van der Waals surface area contributed by atoms with Crippen LogP contribution in [-0.4, -0.2) is 31.3 Å². The molecule has 5 nitrogen and oxygen atoms in total. The van der Waals surface area contributed by atoms with Crippen LogP contribution >= 0.6 is 0 Å². The Bertz CT molecular complexity index is 705. The van der Waals surface area contributed by atoms with E-state index >= 15 is 0 Å². The van der Waals surface area contributed by atoms with Crippen LogP contribution < -0.4 is 19.5 Å². The van der Waals surface area contributed by atoms with Crippen LogP contribution in [0.25, 0.3) is 0 Å². The average molecular weight is 311 g/mol. The van der Waals surface area contributed by atoms with Gasteiger partial charge in [-0.15, -0.1) is 0 Å². The molecule has 2 atom stereocenters. The van der Waals surface area contributed by atoms with Gasteiger partial charge in [0.05, 0.1) is 6.54 Å². The van der Waals surface area contributed by atoms with Gasteiger partial charge in [0, 0.05) is 6.42 Å². The van der Waals surface area contributed by atoms with E-state index in [4.69, 9.17) is 14.2 Å². The molecule has 2 aromatic carbocycles. The number of hydrogen-bond donors (Lipinski definition) is 1. The van der Waals surface area contributed by atoms with Crippen LogP contribution in [0.5, 0.6) is 17.2 Å². The van der Waals surface area contributed by atoms with Crippen molar-refractivity contribution in [2.45, 2.75) is 18.6 Å². The highest BCUT2D eigenvalue weighted by atomic mass is 16.6. The number of ether oxygens (including phenoxy) is 3. The summed E-state index contributed by atoms with van der Waals surface area (Å²) in [6, 6.07) is 15.3. The number of hydrogen-bond acceptors (Lipinski definition) is 4. The van der Waals surface area contributed by atoms with Gasteiger partial charge in [0.15, 0.2) is 17.6 Å². The fourth-order valence-corrected chi connectivity index (χ4v) is 2.82. The minimum absolute atomic E-state index is 0.122. The van der Waals surface area contributed by atoms with Crippen LogP contribution in [0.3, 0.4) is 0 Å². The summed E-state index contributed by atoms with van der Waals surface area (Å²) in [6.07, 6.45) is -0.0609. The van der Waals surface area contributed by atoms with Gasteiger partial charge in [-0.2, -0.15) is 0 Å². The monoisotopic (exact) mass is 311 g/mol. The Labute approximate surface area is 134 Å². The van der Waals surface area contributed by atoms with E-state index in [-0.39, 0.29) is 12.0 Å². The van der Waals surface area contributed by atoms with Crippen LogP contribution in [-0.2, 0) is 11.2 Å². The Hall–Kier alpha value is -2.69. The van der Waals surface area contributed by atoms with Crippen LogP contribution in [0.4, 0.5) is 0 Å². The second-order valence-corrected chi connectivity index (χ2v) is 5.66. The van der Waals surface area contributed by atoms with E-state index < -0.39 is 6.10 Å². The van der Waals surface area contributed by atoms with E-state index in [1.807, 2.05) is 48.5 Å². The molecule has 0 radical (unpaired) electrons. The first-order valence-electron chi connectivity index (χ1n) is 7.70. The summed E-state index contributed by atoms with van der Waals surface area (Å²) in [6.45, 7) is 0.812. The minimum atomic E-state index is -0.468. The summed E-state index contributed by atoms with van der Waals surface area (Å²) in [5.41, 5.74) is 1.07. The maximum atomic E-state index is 12.3. The zero-order valence-corrected chi connectivity index (χ0v) is 12.5. The predicted octanol–water partition coefficient (Wildman–Crippen LogP) is 1.95. The zero-order valence-electron chi connectivity index (χ0n) is 12.5. The molecule has 2 aromatic rings. The molecule has 0 spiro atoms. The van der Waals surface area contributed by atoms with E-state index in [0.717, 1.165) is 17.1 Å². The second-order valence-electron chi connectivity index (χ2n) is 5.66. The first-order chi connectivity index (χ1) is 11.3. The lowest BCUT2D eigenvalue weighted by Crippen LogP contribution is -2.45. The van der Waals surface area contributed by atoms with E-state index in [1.165, 1.54) is 0 Å². The van der Waals surface area contributed by atoms with Gasteiger partial charge in [-0.05, 0) is 23.8 Å². The normalized spacial score (nSPS) is 21.2. The molecule has 0 saturated heterocycles. The average Bonchev–Trinajstić information content (AvgIpc) is 3.04. The smallest absolute Gasteiger partial charge is 0.261 e. The van der Waals surface area contributed by atoms with E-state index in [1.54, 1.807) is 0 Å². The summed E-state index contributed by atoms with van der Waals surface area (Å²) in [7, 11) is 0. The predicted molar refractivity (Wildman–Crippen MR) is 83.9 cm³/mol. The number of carbonyl (C=O) groups excluding carboxylic acids is 1. The summed E-state index contributed by atoms with van der Waals surface area (Å²) >= 11 is 0. The molecule has 1 N–H and O–H groups in total. The number of nitrogens with one attached hydrogen (secondary N) is 1. The summed E-state index contributed by atoms with van der Waals surface area (Å²) in [4.78, 5) is 12.3. The molecule has 0 saturated carbocycles. The van der Waals surface area contributed by atoms with Crippen molar-refractivity contribution < 1.29 is 19.0 Å². The molecule has 118 valence electrons. The molecule has 0 fully saturated rings. The molecule has 2 aliphatic heterocycles. The number of para-hydroxylation sites is 3. The number of benzene rings is 2. The third kappa shape index (κ3) is 2.82. The molecule has 4 rings (SSSR count). The van der Waals surface area contributed by atoms with E-state index in [9.17, 15) is 4.79 Å². The van der Waals surface area contributed by atoms with Crippen LogP contribution in [0, 0.1) is 0 Å². The van der Waals surface area contributed by atoms with Crippen molar-refractivity contribution in [2.75, 3.05) is 13.2 Å². The molecule has 2 aliphatic rings. The second kappa shape index (κ2) is 5.83. The Balaban J connectivity index is 1.32. The Morgan fingerprint density at radius 1 is 1.00 bits per heavy atom. The van der Waals surface area contributed by atoms with Gasteiger partial charge < -0.3 is 19.5 Å². The molecule has 1 amide bonds. The molecular formula is C18H17NO4. The Morgan fingerprint density at radius 2 is 1.74 bits per heavy atom. The van der Waals surface area contributed by atoms with Crippen molar-refractivity contribution in [3.05, 3.63) is 54.1 Å². The third-order valence-electron chi connectivity index (χ3n) is 4.01. The lowest BCUT2D eigenvalue weighted by Gasteiger charge is -2.26. The Kier molecular flexibility index (Phi) is 3.54. The van der Waals surface area contributed by atoms with Gasteiger partial charge in [0.1, 0.15) is 18.5 Å². The molecule has 23 heavy (non-hydrogen) atoms. The van der Waals surface area contributed by atoms with Crippen molar-refractivity contribution in [1.82, 2.24) is 5.32 Å². The molecule has 0 aliphatic carbocycles. The van der Waals surface area contributed by atoms with Crippen LogP contribution in [0.1, 0.15) is 5.56 Å². The largest absolute Gasteiger partial charge is 0.486 e. The van der Waals surface area contributed by atoms with Crippen molar-refractivity contribution in [1.29, 1.82) is 0 Å². The molecule has 5 heteroatoms. The minimum Gasteiger partial charge on any atom is -0.486 e. The lowest BCUT2D eigenvalue weighted by atomic mass is 10.1. The highest BCUT2D eigenvalue weighted by Crippen LogP contribution is 2.31. The molecule has 2 unspecified atom stereocenters. The van der Waals surface area contributed by atoms with Crippen molar-refractivity contribution >= 4 is 5.91 Å². The van der Waals surface area contributed by atoms with Crippen molar-refractivity contribution in [3.8, 4) is 17.2 Å². The standard InChI is InChI=1S/C18H17NO4/c20-18(17-9-12-5-1-2-6-14(12)23-17)19-10-13-11-21-15-7-3-4-8-16(15)22-13/h1-8,13,17H,9-11H2,(H,19,20). The third-order valence-corrected chi connectivity index (χ3v) is 4.01. The summed E-state index contributed by atoms with van der Waals surface area (Å²) in [5.74, 6) is 2.12. The maximum absolute atomic E-state index is 12.3. The maximum Gasteiger partial charge on any atom is 0.261 e. The summed E-state index contributed by atoms with van der Waals surface area (Å²) in [5, 5.41) is 2.89. The van der Waals surface area contributed by atoms with E-state index in [2.05, 4.69) is 5.32 Å². The first-order valence-corrected chi connectivity index (χ1v) is 7.70. The lowest BCUT2D eigenvalue weighted by molar-refractivity contribution is -0.127. The topological polar surface area (TPSA) is 56.8 Å². The fourth-order valence-electron chi connectivity index (χ4n) is 2.82. The molecule has 0 aromatic heterocycles. The quantitative estimate of drug-likeness (QED) is 0.941. The van der Waals surface area contributed by atoms with Crippen molar-refractivity contribution in [2.24, 2.45) is 0 Å². The summed E-state index contributed by atoms with van der Waals surface area (Å²) < 4.78 is 17.1. The van der Waals surface area contributed by atoms with Crippen molar-refractivity contribution in [3.63, 3.8) is 0 Å². The first kappa shape index (κ1) is 13.9. The van der Waals surface area contributed by atoms with Crippen LogP contribution in [0.15, 0.2) is 48.5 Å². The van der Waals surface area contributed by atoms with Crippen LogP contribution in [0.2, 0.25) is 0 Å². The van der Waals surface area contributed by atoms with Gasteiger partial charge >= 0.3 is 0 Å². The number of fused-ring (bicyclic) bond motifs is 2. The zero-order chi connectivity index (χ0) is 15.6. The number of rotatable bonds is 3. The molecular weight excluding hydrogens is 294 g/mol. The fraction of sp³-hybridized carbons (Fsp3) is 0.278. The van der Waals surface area contributed by atoms with E-state index in [0.29, 0.717) is 25.3 Å². The number of carbonyl (C=O) groups is 1. The highest BCUT2D eigenvalue weighted by molar-refractivity contribution is 5.82. The van der Waals surface area contributed by atoms with Gasteiger partial charge in [0.2, 0.25) is 0 Å². The van der Waals surface area contributed by atoms with Gasteiger partial charge in [-0.1, -0.05) is 30.3 Å². The SMILES string of the molecule is O=C(NCC1COc2ccccc2O1)C1Cc2ccccc2O1. The van der Waals surface area contributed by atoms with Gasteiger partial charge in [-0.3, -0.25) is 4.79 Å². The molecule has 2 heterocycles. The highest BCUT2D eigenvalue weighted by Gasteiger charge is 2.29. The molecule has 0 bridgehead atoms.